The van der Waals surface area contributed by atoms with Crippen LogP contribution < -0.4 is 10.1 Å². The van der Waals surface area contributed by atoms with Gasteiger partial charge < -0.3 is 10.1 Å². The van der Waals surface area contributed by atoms with E-state index in [9.17, 15) is 13.2 Å². The van der Waals surface area contributed by atoms with Crippen molar-refractivity contribution in [2.75, 3.05) is 19.7 Å². The lowest BCUT2D eigenvalue weighted by Gasteiger charge is -2.18. The lowest BCUT2D eigenvalue weighted by Crippen LogP contribution is -2.29. The lowest BCUT2D eigenvalue weighted by molar-refractivity contribution is 0.0940. The number of benzene rings is 2. The van der Waals surface area contributed by atoms with Gasteiger partial charge >= 0.3 is 0 Å². The standard InChI is InChI=1S/C21H25ClN2O4S/c1-3-28-17-8-6-16(7-9-17)15(2)23-21(25)19-14-18(10-11-20(19)22)29(26,27)24-12-4-5-13-24/h6-11,14-15H,3-5,12-13H2,1-2H3,(H,23,25). The van der Waals surface area contributed by atoms with Gasteiger partial charge in [0.05, 0.1) is 28.1 Å². The molecule has 6 nitrogen and oxygen atoms in total. The Morgan fingerprint density at radius 1 is 1.17 bits per heavy atom. The van der Waals surface area contributed by atoms with E-state index < -0.39 is 15.9 Å². The Morgan fingerprint density at radius 3 is 2.45 bits per heavy atom. The summed E-state index contributed by atoms with van der Waals surface area (Å²) < 4.78 is 32.5. The quantitative estimate of drug-likeness (QED) is 0.711. The third-order valence-electron chi connectivity index (χ3n) is 4.92. The van der Waals surface area contributed by atoms with E-state index in [0.29, 0.717) is 19.7 Å². The van der Waals surface area contributed by atoms with Crippen molar-refractivity contribution in [2.24, 2.45) is 0 Å². The van der Waals surface area contributed by atoms with Crippen molar-refractivity contribution < 1.29 is 17.9 Å². The van der Waals surface area contributed by atoms with Crippen LogP contribution in [0.25, 0.3) is 0 Å². The smallest absolute Gasteiger partial charge is 0.253 e. The summed E-state index contributed by atoms with van der Waals surface area (Å²) in [5, 5.41) is 3.09. The summed E-state index contributed by atoms with van der Waals surface area (Å²) in [7, 11) is -3.62. The van der Waals surface area contributed by atoms with Crippen LogP contribution in [0.2, 0.25) is 5.02 Å². The second-order valence-electron chi connectivity index (χ2n) is 6.95. The van der Waals surface area contributed by atoms with Crippen LogP contribution in [-0.2, 0) is 10.0 Å². The molecule has 8 heteroatoms. The zero-order valence-corrected chi connectivity index (χ0v) is 18.1. The second-order valence-corrected chi connectivity index (χ2v) is 9.30. The summed E-state index contributed by atoms with van der Waals surface area (Å²) in [5.41, 5.74) is 1.04. The van der Waals surface area contributed by atoms with Gasteiger partial charge in [-0.25, -0.2) is 8.42 Å². The molecule has 1 heterocycles. The molecule has 0 aromatic heterocycles. The van der Waals surface area contributed by atoms with E-state index in [1.807, 2.05) is 38.1 Å². The first-order chi connectivity index (χ1) is 13.8. The monoisotopic (exact) mass is 436 g/mol. The van der Waals surface area contributed by atoms with Gasteiger partial charge in [0.2, 0.25) is 10.0 Å². The van der Waals surface area contributed by atoms with Gasteiger partial charge in [-0.15, -0.1) is 0 Å². The zero-order valence-electron chi connectivity index (χ0n) is 16.5. The number of amides is 1. The normalized spacial score (nSPS) is 15.8. The van der Waals surface area contributed by atoms with E-state index in [-0.39, 0.29) is 21.5 Å². The van der Waals surface area contributed by atoms with E-state index in [0.717, 1.165) is 24.2 Å². The van der Waals surface area contributed by atoms with Gasteiger partial charge in [0.1, 0.15) is 5.75 Å². The summed E-state index contributed by atoms with van der Waals surface area (Å²) in [6.07, 6.45) is 1.69. The van der Waals surface area contributed by atoms with Gasteiger partial charge in [-0.3, -0.25) is 4.79 Å². The minimum atomic E-state index is -3.62. The number of rotatable bonds is 7. The summed E-state index contributed by atoms with van der Waals surface area (Å²) in [6, 6.07) is 11.4. The Balaban J connectivity index is 1.78. The molecule has 1 saturated heterocycles. The van der Waals surface area contributed by atoms with Crippen LogP contribution in [0.1, 0.15) is 48.7 Å². The van der Waals surface area contributed by atoms with Crippen molar-refractivity contribution in [1.82, 2.24) is 9.62 Å². The highest BCUT2D eigenvalue weighted by molar-refractivity contribution is 7.89. The molecule has 1 unspecified atom stereocenters. The first-order valence-corrected chi connectivity index (χ1v) is 11.5. The molecular weight excluding hydrogens is 412 g/mol. The lowest BCUT2D eigenvalue weighted by atomic mass is 10.1. The minimum absolute atomic E-state index is 0.0858. The molecule has 0 aliphatic carbocycles. The molecule has 1 N–H and O–H groups in total. The van der Waals surface area contributed by atoms with Gasteiger partial charge in [0, 0.05) is 13.1 Å². The predicted molar refractivity (Wildman–Crippen MR) is 113 cm³/mol. The summed E-state index contributed by atoms with van der Waals surface area (Å²) >= 11 is 6.20. The van der Waals surface area contributed by atoms with Crippen LogP contribution in [0, 0.1) is 0 Å². The summed E-state index contributed by atoms with van der Waals surface area (Å²) in [6.45, 7) is 5.36. The summed E-state index contributed by atoms with van der Waals surface area (Å²) in [4.78, 5) is 12.9. The SMILES string of the molecule is CCOc1ccc(C(C)NC(=O)c2cc(S(=O)(=O)N3CCCC3)ccc2Cl)cc1. The maximum absolute atomic E-state index is 12.8. The van der Waals surface area contributed by atoms with Gasteiger partial charge in [-0.2, -0.15) is 4.31 Å². The molecule has 1 aliphatic heterocycles. The average molecular weight is 437 g/mol. The van der Waals surface area contributed by atoms with Gasteiger partial charge in [0.25, 0.3) is 5.91 Å². The molecule has 1 fully saturated rings. The molecule has 2 aromatic carbocycles. The van der Waals surface area contributed by atoms with E-state index in [2.05, 4.69) is 5.32 Å². The van der Waals surface area contributed by atoms with Crippen LogP contribution in [0.15, 0.2) is 47.4 Å². The highest BCUT2D eigenvalue weighted by Gasteiger charge is 2.28. The van der Waals surface area contributed by atoms with Gasteiger partial charge in [0.15, 0.2) is 0 Å². The third kappa shape index (κ3) is 4.91. The van der Waals surface area contributed by atoms with E-state index >= 15 is 0 Å². The fourth-order valence-corrected chi connectivity index (χ4v) is 5.04. The number of nitrogens with one attached hydrogen (secondary N) is 1. The van der Waals surface area contributed by atoms with Crippen LogP contribution in [-0.4, -0.2) is 38.3 Å². The number of hydrogen-bond donors (Lipinski definition) is 1. The average Bonchev–Trinajstić information content (AvgIpc) is 3.24. The molecule has 3 rings (SSSR count). The third-order valence-corrected chi connectivity index (χ3v) is 7.15. The van der Waals surface area contributed by atoms with Crippen molar-refractivity contribution in [1.29, 1.82) is 0 Å². The molecule has 1 amide bonds. The zero-order chi connectivity index (χ0) is 21.0. The Kier molecular flexibility index (Phi) is 6.82. The predicted octanol–water partition coefficient (Wildman–Crippen LogP) is 4.01. The van der Waals surface area contributed by atoms with E-state index in [4.69, 9.17) is 16.3 Å². The molecule has 1 atom stereocenters. The molecule has 0 radical (unpaired) electrons. The molecule has 1 aliphatic rings. The van der Waals surface area contributed by atoms with E-state index in [1.54, 1.807) is 0 Å². The summed E-state index contributed by atoms with van der Waals surface area (Å²) in [5.74, 6) is 0.340. The number of sulfonamides is 1. The number of halogens is 1. The number of carbonyl (C=O) groups excluding carboxylic acids is 1. The Labute approximate surface area is 176 Å². The number of carbonyl (C=O) groups is 1. The van der Waals surface area contributed by atoms with Crippen LogP contribution >= 0.6 is 11.6 Å². The van der Waals surface area contributed by atoms with Crippen molar-refractivity contribution in [3.8, 4) is 5.75 Å². The fraction of sp³-hybridized carbons (Fsp3) is 0.381. The number of ether oxygens (including phenoxy) is 1. The number of hydrogen-bond acceptors (Lipinski definition) is 4. The fourth-order valence-electron chi connectivity index (χ4n) is 3.29. The highest BCUT2D eigenvalue weighted by atomic mass is 35.5. The largest absolute Gasteiger partial charge is 0.494 e. The first-order valence-electron chi connectivity index (χ1n) is 9.66. The van der Waals surface area contributed by atoms with Crippen molar-refractivity contribution in [3.05, 3.63) is 58.6 Å². The van der Waals surface area contributed by atoms with Crippen LogP contribution in [0.4, 0.5) is 0 Å². The molecule has 0 spiro atoms. The maximum atomic E-state index is 12.8. The van der Waals surface area contributed by atoms with Gasteiger partial charge in [-0.1, -0.05) is 23.7 Å². The van der Waals surface area contributed by atoms with Gasteiger partial charge in [-0.05, 0) is 62.6 Å². The highest BCUT2D eigenvalue weighted by Crippen LogP contribution is 2.26. The molecule has 29 heavy (non-hydrogen) atoms. The van der Waals surface area contributed by atoms with Crippen molar-refractivity contribution in [2.45, 2.75) is 37.6 Å². The van der Waals surface area contributed by atoms with Crippen molar-refractivity contribution >= 4 is 27.5 Å². The molecule has 0 saturated carbocycles. The van der Waals surface area contributed by atoms with Crippen molar-refractivity contribution in [3.63, 3.8) is 0 Å². The Hall–Kier alpha value is -2.09. The maximum Gasteiger partial charge on any atom is 0.253 e. The number of nitrogens with zero attached hydrogens (tertiary/aromatic N) is 1. The molecule has 156 valence electrons. The Morgan fingerprint density at radius 2 is 1.83 bits per heavy atom. The van der Waals surface area contributed by atoms with Crippen LogP contribution in [0.5, 0.6) is 5.75 Å². The molecular formula is C21H25ClN2O4S. The second kappa shape index (κ2) is 9.15. The first kappa shape index (κ1) is 21.6. The Bertz CT molecular complexity index is 971. The molecule has 0 bridgehead atoms. The van der Waals surface area contributed by atoms with E-state index in [1.165, 1.54) is 22.5 Å². The minimum Gasteiger partial charge on any atom is -0.494 e. The topological polar surface area (TPSA) is 75.7 Å². The van der Waals surface area contributed by atoms with Crippen LogP contribution in [0.3, 0.4) is 0 Å². The molecule has 2 aromatic rings.